The fraction of sp³-hybridized carbons (Fsp3) is 0.800. The number of nitrogens with two attached hydrogens (primary N) is 1. The number of hydrogen-bond donors (Lipinski definition) is 3. The highest BCUT2D eigenvalue weighted by Gasteiger charge is 2.02. The molecule has 0 saturated carbocycles. The Morgan fingerprint density at radius 3 is 2.53 bits per heavy atom. The molecule has 0 aliphatic carbocycles. The van der Waals surface area contributed by atoms with E-state index >= 15 is 0 Å². The van der Waals surface area contributed by atoms with Gasteiger partial charge < -0.3 is 25.8 Å². The molecule has 0 unspecified atom stereocenters. The lowest BCUT2D eigenvalue weighted by atomic mass is 10.4. The van der Waals surface area contributed by atoms with Gasteiger partial charge in [-0.1, -0.05) is 0 Å². The Labute approximate surface area is 101 Å². The predicted molar refractivity (Wildman–Crippen MR) is 62.4 cm³/mol. The summed E-state index contributed by atoms with van der Waals surface area (Å²) < 4.78 is 10.0. The van der Waals surface area contributed by atoms with E-state index in [9.17, 15) is 9.59 Å². The molecule has 17 heavy (non-hydrogen) atoms. The Hall–Kier alpha value is -1.18. The molecule has 7 heteroatoms. The maximum absolute atomic E-state index is 11.2. The Morgan fingerprint density at radius 1 is 1.12 bits per heavy atom. The molecule has 0 saturated heterocycles. The predicted octanol–water partition coefficient (Wildman–Crippen LogP) is -1.77. The molecule has 0 aliphatic heterocycles. The standard InChI is InChI=1S/C10H21N3O4/c1-16-5-6-17-4-2-3-12-10(15)8-13-9(14)7-11/h2-8,11H2,1H3,(H,12,15)(H,13,14). The van der Waals surface area contributed by atoms with Crippen molar-refractivity contribution >= 4 is 11.8 Å². The first-order valence-electron chi connectivity index (χ1n) is 5.50. The number of rotatable bonds is 10. The van der Waals surface area contributed by atoms with Crippen LogP contribution in [0.4, 0.5) is 0 Å². The fourth-order valence-corrected chi connectivity index (χ4v) is 0.960. The van der Waals surface area contributed by atoms with Crippen LogP contribution in [0.1, 0.15) is 6.42 Å². The van der Waals surface area contributed by atoms with Crippen molar-refractivity contribution in [1.82, 2.24) is 10.6 Å². The van der Waals surface area contributed by atoms with E-state index in [1.165, 1.54) is 0 Å². The van der Waals surface area contributed by atoms with Crippen molar-refractivity contribution in [1.29, 1.82) is 0 Å². The summed E-state index contributed by atoms with van der Waals surface area (Å²) in [5, 5.41) is 5.02. The van der Waals surface area contributed by atoms with Gasteiger partial charge in [0.25, 0.3) is 0 Å². The molecule has 2 amide bonds. The second kappa shape index (κ2) is 11.3. The average Bonchev–Trinajstić information content (AvgIpc) is 2.34. The molecule has 0 aromatic rings. The topological polar surface area (TPSA) is 103 Å². The molecule has 0 fully saturated rings. The van der Waals surface area contributed by atoms with Gasteiger partial charge in [0.1, 0.15) is 0 Å². The highest BCUT2D eigenvalue weighted by Crippen LogP contribution is 1.81. The van der Waals surface area contributed by atoms with Crippen molar-refractivity contribution < 1.29 is 19.1 Å². The molecule has 4 N–H and O–H groups in total. The molecule has 0 aromatic carbocycles. The number of amides is 2. The number of carbonyl (C=O) groups is 2. The third-order valence-electron chi connectivity index (χ3n) is 1.85. The summed E-state index contributed by atoms with van der Waals surface area (Å²) in [6, 6.07) is 0. The summed E-state index contributed by atoms with van der Waals surface area (Å²) in [6.07, 6.45) is 0.723. The zero-order valence-electron chi connectivity index (χ0n) is 10.2. The van der Waals surface area contributed by atoms with E-state index in [0.29, 0.717) is 26.4 Å². The van der Waals surface area contributed by atoms with Crippen LogP contribution in [-0.4, -0.2) is 58.4 Å². The van der Waals surface area contributed by atoms with Crippen molar-refractivity contribution in [3.8, 4) is 0 Å². The summed E-state index contributed by atoms with van der Waals surface area (Å²) in [4.78, 5) is 21.9. The van der Waals surface area contributed by atoms with E-state index < -0.39 is 0 Å². The lowest BCUT2D eigenvalue weighted by Gasteiger charge is -2.06. The highest BCUT2D eigenvalue weighted by molar-refractivity contribution is 5.85. The van der Waals surface area contributed by atoms with E-state index in [2.05, 4.69) is 10.6 Å². The Morgan fingerprint density at radius 2 is 1.88 bits per heavy atom. The quantitative estimate of drug-likeness (QED) is 0.396. The van der Waals surface area contributed by atoms with Crippen LogP contribution in [0.25, 0.3) is 0 Å². The third-order valence-corrected chi connectivity index (χ3v) is 1.85. The number of carbonyl (C=O) groups excluding carboxylic acids is 2. The SMILES string of the molecule is COCCOCCCNC(=O)CNC(=O)CN. The van der Waals surface area contributed by atoms with E-state index in [-0.39, 0.29) is 24.9 Å². The molecular weight excluding hydrogens is 226 g/mol. The molecule has 0 aliphatic rings. The highest BCUT2D eigenvalue weighted by atomic mass is 16.5. The maximum Gasteiger partial charge on any atom is 0.239 e. The largest absolute Gasteiger partial charge is 0.382 e. The second-order valence-corrected chi connectivity index (χ2v) is 3.29. The van der Waals surface area contributed by atoms with Gasteiger partial charge in [0, 0.05) is 20.3 Å². The van der Waals surface area contributed by atoms with E-state index in [0.717, 1.165) is 6.42 Å². The molecule has 100 valence electrons. The van der Waals surface area contributed by atoms with Gasteiger partial charge in [-0.25, -0.2) is 0 Å². The number of methoxy groups -OCH3 is 1. The van der Waals surface area contributed by atoms with E-state index in [4.69, 9.17) is 15.2 Å². The summed E-state index contributed by atoms with van der Waals surface area (Å²) in [5.74, 6) is -0.577. The van der Waals surface area contributed by atoms with Crippen molar-refractivity contribution in [2.45, 2.75) is 6.42 Å². The van der Waals surface area contributed by atoms with Crippen LogP contribution in [-0.2, 0) is 19.1 Å². The molecule has 0 bridgehead atoms. The Balaban J connectivity index is 3.25. The smallest absolute Gasteiger partial charge is 0.239 e. The molecule has 0 heterocycles. The second-order valence-electron chi connectivity index (χ2n) is 3.29. The third kappa shape index (κ3) is 11.1. The van der Waals surface area contributed by atoms with Gasteiger partial charge in [-0.2, -0.15) is 0 Å². The van der Waals surface area contributed by atoms with Gasteiger partial charge in [0.15, 0.2) is 0 Å². The zero-order chi connectivity index (χ0) is 12.9. The van der Waals surface area contributed by atoms with Gasteiger partial charge in [0.2, 0.25) is 11.8 Å². The Bertz CT molecular complexity index is 224. The molecule has 0 atom stereocenters. The summed E-state index contributed by atoms with van der Waals surface area (Å²) in [5.41, 5.74) is 5.07. The zero-order valence-corrected chi connectivity index (χ0v) is 10.2. The van der Waals surface area contributed by atoms with Gasteiger partial charge in [-0.05, 0) is 6.42 Å². The van der Waals surface area contributed by atoms with Crippen LogP contribution in [0.5, 0.6) is 0 Å². The number of ether oxygens (including phenoxy) is 2. The normalized spacial score (nSPS) is 10.0. The maximum atomic E-state index is 11.2. The lowest BCUT2D eigenvalue weighted by molar-refractivity contribution is -0.125. The van der Waals surface area contributed by atoms with Gasteiger partial charge in [0.05, 0.1) is 26.3 Å². The molecule has 0 radical (unpaired) electrons. The van der Waals surface area contributed by atoms with Crippen LogP contribution in [0.15, 0.2) is 0 Å². The fourth-order valence-electron chi connectivity index (χ4n) is 0.960. The average molecular weight is 247 g/mol. The monoisotopic (exact) mass is 247 g/mol. The van der Waals surface area contributed by atoms with E-state index in [1.807, 2.05) is 0 Å². The van der Waals surface area contributed by atoms with Gasteiger partial charge >= 0.3 is 0 Å². The Kier molecular flexibility index (Phi) is 10.5. The number of nitrogens with one attached hydrogen (secondary N) is 2. The van der Waals surface area contributed by atoms with Gasteiger partial charge in [-0.15, -0.1) is 0 Å². The minimum Gasteiger partial charge on any atom is -0.382 e. The minimum atomic E-state index is -0.344. The van der Waals surface area contributed by atoms with Crippen LogP contribution >= 0.6 is 0 Å². The van der Waals surface area contributed by atoms with Crippen molar-refractivity contribution in [2.75, 3.05) is 46.6 Å². The van der Waals surface area contributed by atoms with Crippen LogP contribution < -0.4 is 16.4 Å². The van der Waals surface area contributed by atoms with Crippen LogP contribution in [0.2, 0.25) is 0 Å². The molecule has 0 aromatic heterocycles. The first kappa shape index (κ1) is 15.8. The number of hydrogen-bond acceptors (Lipinski definition) is 5. The summed E-state index contributed by atoms with van der Waals surface area (Å²) in [6.45, 7) is 2.05. The van der Waals surface area contributed by atoms with E-state index in [1.54, 1.807) is 7.11 Å². The van der Waals surface area contributed by atoms with Crippen LogP contribution in [0.3, 0.4) is 0 Å². The molecule has 0 rings (SSSR count). The minimum absolute atomic E-state index is 0.0411. The van der Waals surface area contributed by atoms with Crippen molar-refractivity contribution in [2.24, 2.45) is 5.73 Å². The van der Waals surface area contributed by atoms with Crippen LogP contribution in [0, 0.1) is 0 Å². The molecular formula is C10H21N3O4. The van der Waals surface area contributed by atoms with Gasteiger partial charge in [-0.3, -0.25) is 9.59 Å². The van der Waals surface area contributed by atoms with Crippen molar-refractivity contribution in [3.05, 3.63) is 0 Å². The van der Waals surface area contributed by atoms with Crippen molar-refractivity contribution in [3.63, 3.8) is 0 Å². The molecule has 7 nitrogen and oxygen atoms in total. The molecule has 0 spiro atoms. The summed E-state index contributed by atoms with van der Waals surface area (Å²) in [7, 11) is 1.61. The first-order chi connectivity index (χ1) is 8.20. The summed E-state index contributed by atoms with van der Waals surface area (Å²) >= 11 is 0. The first-order valence-corrected chi connectivity index (χ1v) is 5.50. The lowest BCUT2D eigenvalue weighted by Crippen LogP contribution is -2.39.